The van der Waals surface area contributed by atoms with E-state index in [2.05, 4.69) is 177 Å². The van der Waals surface area contributed by atoms with Crippen molar-refractivity contribution in [2.45, 2.75) is 157 Å². The summed E-state index contributed by atoms with van der Waals surface area (Å²) in [7, 11) is 0. The van der Waals surface area contributed by atoms with Crippen molar-refractivity contribution in [1.29, 1.82) is 0 Å². The molecule has 0 atom stereocenters. The van der Waals surface area contributed by atoms with E-state index in [1.54, 1.807) is 47.0 Å². The highest BCUT2D eigenvalue weighted by atomic mass is 32.2. The number of anilines is 2. The quantitative estimate of drug-likeness (QED) is 0.0697. The molecule has 0 radical (unpaired) electrons. The Morgan fingerprint density at radius 1 is 0.337 bits per heavy atom. The van der Waals surface area contributed by atoms with Gasteiger partial charge in [0.1, 0.15) is 49.4 Å². The van der Waals surface area contributed by atoms with Crippen LogP contribution in [0.5, 0.6) is 23.0 Å². The number of hydrogen-bond acceptors (Lipinski definition) is 10. The Labute approximate surface area is 526 Å². The van der Waals surface area contributed by atoms with Crippen LogP contribution in [-0.2, 0) is 34.9 Å². The lowest BCUT2D eigenvalue weighted by molar-refractivity contribution is 0.245. The van der Waals surface area contributed by atoms with Crippen LogP contribution in [0.1, 0.15) is 116 Å². The van der Waals surface area contributed by atoms with Crippen LogP contribution in [0.4, 0.5) is 21.0 Å². The van der Waals surface area contributed by atoms with Crippen LogP contribution in [-0.4, -0.2) is 38.4 Å². The first-order valence-corrected chi connectivity index (χ1v) is 32.5. The number of amides is 4. The number of ether oxygens (including phenoxy) is 4. The van der Waals surface area contributed by atoms with Crippen LogP contribution in [0.3, 0.4) is 0 Å². The van der Waals surface area contributed by atoms with Crippen molar-refractivity contribution in [1.82, 2.24) is 10.6 Å². The summed E-state index contributed by atoms with van der Waals surface area (Å²) < 4.78 is 28.7. The highest BCUT2D eigenvalue weighted by molar-refractivity contribution is 8.01. The van der Waals surface area contributed by atoms with E-state index >= 15 is 0 Å². The van der Waals surface area contributed by atoms with Crippen molar-refractivity contribution >= 4 is 70.5 Å². The fraction of sp³-hybridized carbons (Fsp3) is 0.306. The highest BCUT2D eigenvalue weighted by Gasteiger charge is 2.31. The van der Waals surface area contributed by atoms with Gasteiger partial charge in [0, 0.05) is 11.4 Å². The Morgan fingerprint density at radius 3 is 0.814 bits per heavy atom. The molecule has 0 unspecified atom stereocenters. The van der Waals surface area contributed by atoms with Gasteiger partial charge in [0.25, 0.3) is 0 Å². The molecule has 8 bridgehead atoms. The zero-order valence-electron chi connectivity index (χ0n) is 51.5. The molecule has 10 nitrogen and oxygen atoms in total. The number of benzene rings is 8. The van der Waals surface area contributed by atoms with Crippen LogP contribution in [0.15, 0.2) is 209 Å². The van der Waals surface area contributed by atoms with Crippen LogP contribution in [0.2, 0.25) is 0 Å². The van der Waals surface area contributed by atoms with E-state index in [0.29, 0.717) is 36.1 Å². The lowest BCUT2D eigenvalue weighted by Gasteiger charge is -2.28. The second-order valence-corrected chi connectivity index (χ2v) is 29.7. The number of fused-ring (bicyclic) bond motifs is 8. The van der Waals surface area contributed by atoms with Gasteiger partial charge in [0.2, 0.25) is 0 Å². The minimum absolute atomic E-state index is 0.180. The highest BCUT2D eigenvalue weighted by Crippen LogP contribution is 2.56. The predicted octanol–water partition coefficient (Wildman–Crippen LogP) is 19.4. The number of carbonyl (C=O) groups excluding carboxylic acids is 2. The zero-order valence-corrected chi connectivity index (χ0v) is 54.8. The van der Waals surface area contributed by atoms with E-state index in [1.807, 2.05) is 97.1 Å². The maximum Gasteiger partial charge on any atom is 0.319 e. The molecule has 1 heterocycles. The van der Waals surface area contributed by atoms with E-state index in [9.17, 15) is 9.59 Å². The number of urea groups is 2. The van der Waals surface area contributed by atoms with Crippen LogP contribution >= 0.6 is 47.0 Å². The van der Waals surface area contributed by atoms with Crippen molar-refractivity contribution in [3.63, 3.8) is 0 Å². The predicted molar refractivity (Wildman–Crippen MR) is 357 cm³/mol. The van der Waals surface area contributed by atoms with Gasteiger partial charge in [-0.1, -0.05) is 227 Å². The average molecular weight is 1230 g/mol. The maximum atomic E-state index is 13.3. The average Bonchev–Trinajstić information content (AvgIpc) is 1.35. The standard InChI is InChI=1S/C72H80N4O6S4/c1-69(2,3)49-37-55-63(79-35-33-73-67(77)75-53-29-21-15-22-30-53)56(38-49)84-60-42-52(72(10,11)12)44-62(66(60)82-46-48-27-19-14-20-28-48)86-58-40-50(70(4,5)6)39-57(64(58)80-36-34-74-68(78)76-54-31-23-16-24-32-54)85-61-43-51(71(7,8)9)41-59(83-55)65(61)81-45-47-25-17-13-18-26-47/h13-32,37-44H,33-36,45-46H2,1-12H3,(H2,73,75,77)(H2,74,76,78). The molecule has 4 amide bonds. The lowest BCUT2D eigenvalue weighted by atomic mass is 9.87. The maximum absolute atomic E-state index is 13.3. The third-order valence-electron chi connectivity index (χ3n) is 14.2. The summed E-state index contributed by atoms with van der Waals surface area (Å²) in [6.07, 6.45) is 0. The van der Waals surface area contributed by atoms with Gasteiger partial charge in [-0.15, -0.1) is 0 Å². The second-order valence-electron chi connectivity index (χ2n) is 25.4. The molecule has 9 rings (SSSR count). The molecule has 0 spiro atoms. The molecule has 0 fully saturated rings. The minimum Gasteiger partial charge on any atom is -0.489 e. The molecule has 0 saturated heterocycles. The molecule has 8 aromatic rings. The van der Waals surface area contributed by atoms with E-state index < -0.39 is 0 Å². The third-order valence-corrected chi connectivity index (χ3v) is 18.4. The number of hydrogen-bond donors (Lipinski definition) is 4. The van der Waals surface area contributed by atoms with Crippen LogP contribution in [0.25, 0.3) is 0 Å². The van der Waals surface area contributed by atoms with Crippen LogP contribution in [0, 0.1) is 0 Å². The molecule has 0 aromatic heterocycles. The summed E-state index contributed by atoms with van der Waals surface area (Å²) in [6.45, 7) is 28.4. The molecular formula is C72H80N4O6S4. The van der Waals surface area contributed by atoms with Gasteiger partial charge in [-0.25, -0.2) is 9.59 Å². The first-order chi connectivity index (χ1) is 40.9. The van der Waals surface area contributed by atoms with Crippen molar-refractivity contribution in [2.24, 2.45) is 0 Å². The van der Waals surface area contributed by atoms with Gasteiger partial charge >= 0.3 is 12.1 Å². The number of para-hydroxylation sites is 2. The van der Waals surface area contributed by atoms with Crippen LogP contribution < -0.4 is 40.2 Å². The number of rotatable bonds is 16. The number of carbonyl (C=O) groups is 2. The van der Waals surface area contributed by atoms with Gasteiger partial charge in [-0.3, -0.25) is 0 Å². The molecule has 1 aliphatic heterocycles. The topological polar surface area (TPSA) is 119 Å². The van der Waals surface area contributed by atoms with E-state index in [-0.39, 0.29) is 60.0 Å². The first-order valence-electron chi connectivity index (χ1n) is 29.2. The Morgan fingerprint density at radius 2 is 0.570 bits per heavy atom. The summed E-state index contributed by atoms with van der Waals surface area (Å²) >= 11 is 6.51. The Balaban J connectivity index is 1.28. The molecule has 0 saturated carbocycles. The Kier molecular flexibility index (Phi) is 20.4. The molecule has 448 valence electrons. The minimum atomic E-state index is -0.321. The molecule has 1 aliphatic rings. The summed E-state index contributed by atoms with van der Waals surface area (Å²) in [6, 6.07) is 56.9. The van der Waals surface area contributed by atoms with Crippen molar-refractivity contribution in [3.8, 4) is 23.0 Å². The Hall–Kier alpha value is -7.10. The summed E-state index contributed by atoms with van der Waals surface area (Å²) in [4.78, 5) is 33.9. The summed E-state index contributed by atoms with van der Waals surface area (Å²) in [5, 5.41) is 12.0. The largest absolute Gasteiger partial charge is 0.489 e. The smallest absolute Gasteiger partial charge is 0.319 e. The van der Waals surface area contributed by atoms with Gasteiger partial charge in [0.05, 0.1) is 52.3 Å². The molecule has 14 heteroatoms. The van der Waals surface area contributed by atoms with Crippen molar-refractivity contribution in [2.75, 3.05) is 36.9 Å². The van der Waals surface area contributed by atoms with Gasteiger partial charge < -0.3 is 40.2 Å². The van der Waals surface area contributed by atoms with Gasteiger partial charge in [-0.05, 0) is 128 Å². The van der Waals surface area contributed by atoms with Gasteiger partial charge in [0.15, 0.2) is 0 Å². The second kappa shape index (κ2) is 27.7. The number of nitrogens with one attached hydrogen (secondary N) is 4. The first kappa shape index (κ1) is 63.4. The SMILES string of the molecule is CC(C)(C)c1cc2c(OCCNC(=O)Nc3ccccc3)c(c1)Sc1cc(C(C)(C)C)cc(c1OCc1ccccc1)Sc1cc(C(C)(C)C)cc(c1OCCNC(=O)Nc1ccccc1)Sc1cc(C(C)(C)C)cc(c1OCc1ccccc1)S2. The molecule has 8 aromatic carbocycles. The summed E-state index contributed by atoms with van der Waals surface area (Å²) in [5.41, 5.74) is 6.81. The lowest BCUT2D eigenvalue weighted by Crippen LogP contribution is -2.32. The molecule has 0 aliphatic carbocycles. The molecule has 86 heavy (non-hydrogen) atoms. The normalized spacial score (nSPS) is 12.6. The monoisotopic (exact) mass is 1220 g/mol. The molecule has 4 N–H and O–H groups in total. The third kappa shape index (κ3) is 17.1. The molecular weight excluding hydrogens is 1150 g/mol. The van der Waals surface area contributed by atoms with Gasteiger partial charge in [-0.2, -0.15) is 0 Å². The van der Waals surface area contributed by atoms with E-state index in [1.165, 1.54) is 0 Å². The van der Waals surface area contributed by atoms with E-state index in [4.69, 9.17) is 18.9 Å². The Bertz CT molecular complexity index is 3300. The zero-order chi connectivity index (χ0) is 61.2. The fourth-order valence-electron chi connectivity index (χ4n) is 9.18. The summed E-state index contributed by atoms with van der Waals surface area (Å²) in [5.74, 6) is 2.81. The van der Waals surface area contributed by atoms with E-state index in [0.717, 1.165) is 84.0 Å². The fourth-order valence-corrected chi connectivity index (χ4v) is 14.0. The van der Waals surface area contributed by atoms with Crippen molar-refractivity contribution < 1.29 is 28.5 Å². The van der Waals surface area contributed by atoms with Crippen molar-refractivity contribution in [3.05, 3.63) is 203 Å².